The number of rotatable bonds is 7. The number of aliphatic imine (C=N–C) groups is 1. The molecule has 26 heavy (non-hydrogen) atoms. The van der Waals surface area contributed by atoms with Crippen LogP contribution in [0.2, 0.25) is 0 Å². The van der Waals surface area contributed by atoms with E-state index in [2.05, 4.69) is 20.6 Å². The van der Waals surface area contributed by atoms with Crippen LogP contribution in [0.3, 0.4) is 0 Å². The second-order valence-electron chi connectivity index (χ2n) is 6.22. The molecule has 1 aliphatic heterocycles. The maximum absolute atomic E-state index is 5.79. The molecule has 2 heterocycles. The molecule has 2 aromatic rings. The van der Waals surface area contributed by atoms with E-state index in [1.165, 1.54) is 18.6 Å². The van der Waals surface area contributed by atoms with Crippen molar-refractivity contribution in [2.75, 3.05) is 19.3 Å². The number of aromatic nitrogens is 1. The predicted molar refractivity (Wildman–Crippen MR) is 109 cm³/mol. The molecule has 1 aromatic carbocycles. The van der Waals surface area contributed by atoms with Crippen molar-refractivity contribution in [3.8, 4) is 5.88 Å². The van der Waals surface area contributed by atoms with Crippen molar-refractivity contribution in [2.24, 2.45) is 4.99 Å². The monoisotopic (exact) mass is 370 g/mol. The molecule has 0 spiro atoms. The van der Waals surface area contributed by atoms with Crippen LogP contribution in [0.1, 0.15) is 24.0 Å². The first kappa shape index (κ1) is 18.6. The fourth-order valence-corrected chi connectivity index (χ4v) is 3.99. The van der Waals surface area contributed by atoms with Crippen molar-refractivity contribution in [2.45, 2.75) is 31.2 Å². The zero-order valence-corrected chi connectivity index (χ0v) is 16.0. The predicted octanol–water partition coefficient (Wildman–Crippen LogP) is 3.22. The summed E-state index contributed by atoms with van der Waals surface area (Å²) in [5.74, 6) is 2.75. The molecular formula is C20H26N4OS. The summed E-state index contributed by atoms with van der Waals surface area (Å²) in [6, 6.07) is 14.1. The molecule has 138 valence electrons. The number of thioether (sulfide) groups is 1. The van der Waals surface area contributed by atoms with Gasteiger partial charge in [0.05, 0.1) is 0 Å². The van der Waals surface area contributed by atoms with Crippen LogP contribution in [-0.4, -0.2) is 35.5 Å². The lowest BCUT2D eigenvalue weighted by Crippen LogP contribution is -2.39. The van der Waals surface area contributed by atoms with Gasteiger partial charge in [0.25, 0.3) is 0 Å². The number of hydrogen-bond acceptors (Lipinski definition) is 4. The third-order valence-corrected chi connectivity index (χ3v) is 5.63. The Bertz CT molecular complexity index is 702. The Balaban J connectivity index is 1.46. The Morgan fingerprint density at radius 3 is 2.88 bits per heavy atom. The number of guanidine groups is 1. The maximum atomic E-state index is 5.79. The zero-order chi connectivity index (χ0) is 18.0. The van der Waals surface area contributed by atoms with Gasteiger partial charge in [0.2, 0.25) is 5.88 Å². The average Bonchev–Trinajstić information content (AvgIpc) is 3.21. The van der Waals surface area contributed by atoms with Crippen LogP contribution >= 0.6 is 11.8 Å². The molecule has 1 fully saturated rings. The van der Waals surface area contributed by atoms with E-state index in [4.69, 9.17) is 4.74 Å². The third kappa shape index (κ3) is 5.95. The molecule has 2 N–H and O–H groups in total. The van der Waals surface area contributed by atoms with Crippen LogP contribution in [0.15, 0.2) is 53.7 Å². The fourth-order valence-electron chi connectivity index (χ4n) is 2.79. The molecule has 1 saturated heterocycles. The molecule has 3 rings (SSSR count). The molecule has 1 aliphatic rings. The van der Waals surface area contributed by atoms with Crippen LogP contribution in [-0.2, 0) is 13.2 Å². The van der Waals surface area contributed by atoms with E-state index in [1.54, 1.807) is 13.2 Å². The molecule has 0 bridgehead atoms. The summed E-state index contributed by atoms with van der Waals surface area (Å²) in [6.07, 6.45) is 4.40. The van der Waals surface area contributed by atoms with Gasteiger partial charge < -0.3 is 15.4 Å². The normalized spacial score (nSPS) is 17.1. The van der Waals surface area contributed by atoms with Crippen LogP contribution in [0.5, 0.6) is 5.88 Å². The van der Waals surface area contributed by atoms with Crippen molar-refractivity contribution in [3.05, 3.63) is 59.8 Å². The molecule has 0 saturated carbocycles. The van der Waals surface area contributed by atoms with Crippen LogP contribution in [0, 0.1) is 0 Å². The van der Waals surface area contributed by atoms with Crippen LogP contribution in [0.25, 0.3) is 0 Å². The second-order valence-corrected chi connectivity index (χ2v) is 7.63. The largest absolute Gasteiger partial charge is 0.473 e. The Kier molecular flexibility index (Phi) is 7.19. The molecular weight excluding hydrogens is 344 g/mol. The van der Waals surface area contributed by atoms with Crippen molar-refractivity contribution in [1.29, 1.82) is 0 Å². The Hall–Kier alpha value is -2.21. The van der Waals surface area contributed by atoms with Gasteiger partial charge in [0.1, 0.15) is 6.61 Å². The minimum absolute atomic E-state index is 0.521. The van der Waals surface area contributed by atoms with Gasteiger partial charge in [-0.1, -0.05) is 30.3 Å². The zero-order valence-electron chi connectivity index (χ0n) is 15.1. The Morgan fingerprint density at radius 2 is 2.12 bits per heavy atom. The third-order valence-electron chi connectivity index (χ3n) is 4.23. The number of nitrogens with one attached hydrogen (secondary N) is 2. The number of nitrogens with zero attached hydrogens (tertiary/aromatic N) is 2. The van der Waals surface area contributed by atoms with Gasteiger partial charge in [-0.3, -0.25) is 4.99 Å². The lowest BCUT2D eigenvalue weighted by molar-refractivity contribution is 0.293. The van der Waals surface area contributed by atoms with Crippen LogP contribution < -0.4 is 15.4 Å². The highest BCUT2D eigenvalue weighted by Crippen LogP contribution is 2.25. The first-order chi connectivity index (χ1) is 12.8. The summed E-state index contributed by atoms with van der Waals surface area (Å²) in [6.45, 7) is 2.17. The molecule has 1 unspecified atom stereocenters. The quantitative estimate of drug-likeness (QED) is 0.579. The number of benzene rings is 1. The lowest BCUT2D eigenvalue weighted by atomic mass is 10.2. The van der Waals surface area contributed by atoms with E-state index in [0.717, 1.165) is 23.6 Å². The minimum atomic E-state index is 0.521. The van der Waals surface area contributed by atoms with E-state index in [9.17, 15) is 0 Å². The summed E-state index contributed by atoms with van der Waals surface area (Å²) >= 11 is 2.04. The number of pyridine rings is 1. The first-order valence-electron chi connectivity index (χ1n) is 9.01. The van der Waals surface area contributed by atoms with Crippen molar-refractivity contribution >= 4 is 17.7 Å². The van der Waals surface area contributed by atoms with Gasteiger partial charge >= 0.3 is 0 Å². The smallest absolute Gasteiger partial charge is 0.213 e. The van der Waals surface area contributed by atoms with Crippen molar-refractivity contribution in [3.63, 3.8) is 0 Å². The summed E-state index contributed by atoms with van der Waals surface area (Å²) < 4.78 is 5.79. The standard InChI is InChI=1S/C20H26N4OS/c1-21-20(24-14-18-8-5-11-26-18)23-13-17-9-10-22-19(12-17)25-15-16-6-3-2-4-7-16/h2-4,6-7,9-10,12,18H,5,8,11,13-15H2,1H3,(H2,21,23,24). The number of ether oxygens (including phenoxy) is 1. The first-order valence-corrected chi connectivity index (χ1v) is 10.1. The molecule has 6 heteroatoms. The summed E-state index contributed by atoms with van der Waals surface area (Å²) in [5.41, 5.74) is 2.24. The summed E-state index contributed by atoms with van der Waals surface area (Å²) in [5, 5.41) is 7.47. The maximum Gasteiger partial charge on any atom is 0.213 e. The molecule has 0 aliphatic carbocycles. The summed E-state index contributed by atoms with van der Waals surface area (Å²) in [7, 11) is 1.80. The molecule has 0 amide bonds. The number of hydrogen-bond donors (Lipinski definition) is 2. The van der Waals surface area contributed by atoms with Crippen LogP contribution in [0.4, 0.5) is 0 Å². The van der Waals surface area contributed by atoms with Gasteiger partial charge in [0, 0.05) is 37.7 Å². The average molecular weight is 371 g/mol. The van der Waals surface area contributed by atoms with Crippen molar-refractivity contribution in [1.82, 2.24) is 15.6 Å². The van der Waals surface area contributed by atoms with Gasteiger partial charge in [-0.15, -0.1) is 0 Å². The van der Waals surface area contributed by atoms with E-state index in [-0.39, 0.29) is 0 Å². The molecule has 1 aromatic heterocycles. The second kappa shape index (κ2) is 10.1. The fraction of sp³-hybridized carbons (Fsp3) is 0.400. The summed E-state index contributed by atoms with van der Waals surface area (Å²) in [4.78, 5) is 8.59. The van der Waals surface area contributed by atoms with Gasteiger partial charge in [-0.2, -0.15) is 11.8 Å². The molecule has 5 nitrogen and oxygen atoms in total. The molecule has 1 atom stereocenters. The van der Waals surface area contributed by atoms with Gasteiger partial charge in [-0.05, 0) is 35.8 Å². The van der Waals surface area contributed by atoms with E-state index in [0.29, 0.717) is 24.3 Å². The van der Waals surface area contributed by atoms with E-state index >= 15 is 0 Å². The minimum Gasteiger partial charge on any atom is -0.473 e. The highest BCUT2D eigenvalue weighted by Gasteiger charge is 2.15. The Morgan fingerprint density at radius 1 is 1.23 bits per heavy atom. The Labute approximate surface area is 159 Å². The van der Waals surface area contributed by atoms with Gasteiger partial charge in [-0.25, -0.2) is 4.98 Å². The molecule has 0 radical (unpaired) electrons. The van der Waals surface area contributed by atoms with E-state index in [1.807, 2.05) is 54.2 Å². The lowest BCUT2D eigenvalue weighted by Gasteiger charge is -2.15. The topological polar surface area (TPSA) is 58.5 Å². The van der Waals surface area contributed by atoms with Crippen molar-refractivity contribution < 1.29 is 4.74 Å². The highest BCUT2D eigenvalue weighted by molar-refractivity contribution is 8.00. The SMILES string of the molecule is CN=C(NCc1ccnc(OCc2ccccc2)c1)NCC1CCCS1. The highest BCUT2D eigenvalue weighted by atomic mass is 32.2. The van der Waals surface area contributed by atoms with Gasteiger partial charge in [0.15, 0.2) is 5.96 Å². The van der Waals surface area contributed by atoms with E-state index < -0.39 is 0 Å².